The monoisotopic (exact) mass is 449 g/mol. The number of aromatic nitrogens is 1. The summed E-state index contributed by atoms with van der Waals surface area (Å²) in [5, 5.41) is 3.81. The summed E-state index contributed by atoms with van der Waals surface area (Å²) in [4.78, 5) is 17.3. The summed E-state index contributed by atoms with van der Waals surface area (Å²) in [5.74, 6) is -0.0884. The van der Waals surface area contributed by atoms with Crippen LogP contribution in [-0.4, -0.2) is 31.9 Å². The van der Waals surface area contributed by atoms with Crippen molar-refractivity contribution < 1.29 is 13.2 Å². The number of hydrogen-bond acceptors (Lipinski definition) is 5. The van der Waals surface area contributed by atoms with E-state index in [1.54, 1.807) is 18.2 Å². The average Bonchev–Trinajstić information content (AvgIpc) is 3.07. The van der Waals surface area contributed by atoms with Crippen LogP contribution in [0, 0.1) is 12.8 Å². The van der Waals surface area contributed by atoms with Gasteiger partial charge in [0.15, 0.2) is 0 Å². The maximum atomic E-state index is 13.0. The lowest BCUT2D eigenvalue weighted by molar-refractivity contribution is -0.123. The van der Waals surface area contributed by atoms with Crippen LogP contribution in [0.3, 0.4) is 0 Å². The molecule has 164 valence electrons. The van der Waals surface area contributed by atoms with E-state index in [1.807, 2.05) is 20.8 Å². The zero-order chi connectivity index (χ0) is 21.7. The molecule has 2 N–H and O–H groups in total. The molecule has 1 aromatic carbocycles. The molecule has 3 rings (SSSR count). The molecule has 30 heavy (non-hydrogen) atoms. The number of rotatable bonds is 9. The van der Waals surface area contributed by atoms with E-state index in [-0.39, 0.29) is 16.7 Å². The van der Waals surface area contributed by atoms with E-state index in [1.165, 1.54) is 29.8 Å². The van der Waals surface area contributed by atoms with E-state index >= 15 is 0 Å². The van der Waals surface area contributed by atoms with Crippen LogP contribution < -0.4 is 10.0 Å². The van der Waals surface area contributed by atoms with Gasteiger partial charge in [0.1, 0.15) is 6.04 Å². The summed E-state index contributed by atoms with van der Waals surface area (Å²) >= 11 is 1.45. The molecule has 1 heterocycles. The molecule has 0 fully saturated rings. The second-order valence-electron chi connectivity index (χ2n) is 8.32. The van der Waals surface area contributed by atoms with Crippen LogP contribution in [0.15, 0.2) is 34.7 Å². The van der Waals surface area contributed by atoms with E-state index in [4.69, 9.17) is 0 Å². The topological polar surface area (TPSA) is 88.2 Å². The quantitative estimate of drug-likeness (QED) is 0.559. The van der Waals surface area contributed by atoms with Crippen molar-refractivity contribution in [3.05, 3.63) is 34.9 Å². The first-order valence-electron chi connectivity index (χ1n) is 10.6. The van der Waals surface area contributed by atoms with Gasteiger partial charge in [-0.2, -0.15) is 4.72 Å². The molecule has 0 radical (unpaired) electrons. The molecule has 0 aliphatic heterocycles. The van der Waals surface area contributed by atoms with E-state index in [0.717, 1.165) is 34.5 Å². The normalized spacial score (nSPS) is 15.9. The smallest absolute Gasteiger partial charge is 0.241 e. The van der Waals surface area contributed by atoms with Gasteiger partial charge in [-0.25, -0.2) is 13.4 Å². The Balaban J connectivity index is 1.68. The number of sulfonamides is 1. The predicted octanol–water partition coefficient (Wildman–Crippen LogP) is 4.30. The predicted molar refractivity (Wildman–Crippen MR) is 122 cm³/mol. The third kappa shape index (κ3) is 6.12. The summed E-state index contributed by atoms with van der Waals surface area (Å²) in [6, 6.07) is 4.09. The van der Waals surface area contributed by atoms with E-state index in [2.05, 4.69) is 21.1 Å². The Morgan fingerprint density at radius 1 is 1.27 bits per heavy atom. The van der Waals surface area contributed by atoms with Crippen LogP contribution in [0.2, 0.25) is 0 Å². The van der Waals surface area contributed by atoms with Crippen molar-refractivity contribution in [3.8, 4) is 0 Å². The van der Waals surface area contributed by atoms with Gasteiger partial charge in [0.05, 0.1) is 20.1 Å². The summed E-state index contributed by atoms with van der Waals surface area (Å²) in [5.41, 5.74) is 2.17. The highest BCUT2D eigenvalue weighted by molar-refractivity contribution is 7.89. The number of aryl methyl sites for hydroxylation is 1. The van der Waals surface area contributed by atoms with Gasteiger partial charge in [0.25, 0.3) is 0 Å². The Hall–Kier alpha value is -1.77. The van der Waals surface area contributed by atoms with Gasteiger partial charge in [-0.1, -0.05) is 25.5 Å². The van der Waals surface area contributed by atoms with E-state index < -0.39 is 16.1 Å². The number of carbonyl (C=O) groups excluding carboxylic acids is 1. The number of carbonyl (C=O) groups is 1. The zero-order valence-electron chi connectivity index (χ0n) is 17.9. The number of fused-ring (bicyclic) bond motifs is 1. The number of nitrogens with one attached hydrogen (secondary N) is 2. The van der Waals surface area contributed by atoms with Gasteiger partial charge in [0, 0.05) is 6.54 Å². The van der Waals surface area contributed by atoms with Crippen molar-refractivity contribution in [1.82, 2.24) is 15.0 Å². The number of amides is 1. The molecular formula is C22H31N3O3S2. The highest BCUT2D eigenvalue weighted by Crippen LogP contribution is 2.25. The minimum absolute atomic E-state index is 0.160. The summed E-state index contributed by atoms with van der Waals surface area (Å²) in [6.45, 7) is 6.39. The van der Waals surface area contributed by atoms with Crippen LogP contribution in [0.5, 0.6) is 0 Å². The third-order valence-electron chi connectivity index (χ3n) is 5.23. The molecular weight excluding hydrogens is 418 g/mol. The first-order chi connectivity index (χ1) is 14.2. The SMILES string of the molecule is Cc1nc2ccc(S(=O)(=O)N[C@H](CC(C)C)C(=O)NCCC3=CCCCC3)cc2s1. The lowest BCUT2D eigenvalue weighted by atomic mass is 9.97. The van der Waals surface area contributed by atoms with Crippen molar-refractivity contribution in [2.24, 2.45) is 5.92 Å². The molecule has 0 saturated carbocycles. The first-order valence-corrected chi connectivity index (χ1v) is 12.9. The van der Waals surface area contributed by atoms with Crippen LogP contribution in [0.4, 0.5) is 0 Å². The number of hydrogen-bond donors (Lipinski definition) is 2. The lowest BCUT2D eigenvalue weighted by Gasteiger charge is -2.21. The second-order valence-corrected chi connectivity index (χ2v) is 11.3. The number of allylic oxidation sites excluding steroid dienone is 1. The van der Waals surface area contributed by atoms with Crippen LogP contribution in [0.25, 0.3) is 10.2 Å². The Bertz CT molecular complexity index is 1030. The molecule has 2 aromatic rings. The van der Waals surface area contributed by atoms with Crippen molar-refractivity contribution in [2.75, 3.05) is 6.54 Å². The minimum Gasteiger partial charge on any atom is -0.354 e. The van der Waals surface area contributed by atoms with Crippen LogP contribution in [0.1, 0.15) is 57.4 Å². The molecule has 1 aromatic heterocycles. The van der Waals surface area contributed by atoms with E-state index in [9.17, 15) is 13.2 Å². The summed E-state index contributed by atoms with van der Waals surface area (Å²) in [6.07, 6.45) is 8.19. The van der Waals surface area contributed by atoms with Gasteiger partial charge in [-0.15, -0.1) is 11.3 Å². The molecule has 1 atom stereocenters. The molecule has 0 saturated heterocycles. The number of nitrogens with zero attached hydrogens (tertiary/aromatic N) is 1. The summed E-state index contributed by atoms with van der Waals surface area (Å²) in [7, 11) is -3.82. The Labute approximate surface area is 183 Å². The van der Waals surface area contributed by atoms with Gasteiger partial charge in [-0.3, -0.25) is 4.79 Å². The van der Waals surface area contributed by atoms with Crippen molar-refractivity contribution in [3.63, 3.8) is 0 Å². The fourth-order valence-corrected chi connectivity index (χ4v) is 5.90. The van der Waals surface area contributed by atoms with Crippen LogP contribution >= 0.6 is 11.3 Å². The summed E-state index contributed by atoms with van der Waals surface area (Å²) < 4.78 is 29.4. The average molecular weight is 450 g/mol. The molecule has 1 amide bonds. The minimum atomic E-state index is -3.82. The Morgan fingerprint density at radius 3 is 2.77 bits per heavy atom. The second kappa shape index (κ2) is 10.0. The molecule has 8 heteroatoms. The maximum absolute atomic E-state index is 13.0. The molecule has 1 aliphatic carbocycles. The van der Waals surface area contributed by atoms with Gasteiger partial charge < -0.3 is 5.32 Å². The number of thiazole rings is 1. The first kappa shape index (κ1) is 22.9. The zero-order valence-corrected chi connectivity index (χ0v) is 19.5. The van der Waals surface area contributed by atoms with Gasteiger partial charge in [-0.05, 0) is 69.6 Å². The Kier molecular flexibility index (Phi) is 7.65. The molecule has 0 spiro atoms. The molecule has 0 bridgehead atoms. The highest BCUT2D eigenvalue weighted by atomic mass is 32.2. The highest BCUT2D eigenvalue weighted by Gasteiger charge is 2.26. The largest absolute Gasteiger partial charge is 0.354 e. The molecule has 1 aliphatic rings. The number of benzene rings is 1. The van der Waals surface area contributed by atoms with Gasteiger partial charge in [0.2, 0.25) is 15.9 Å². The maximum Gasteiger partial charge on any atom is 0.241 e. The Morgan fingerprint density at radius 2 is 2.07 bits per heavy atom. The standard InChI is InChI=1S/C22H31N3O3S2/c1-15(2)13-20(22(26)23-12-11-17-7-5-4-6-8-17)25-30(27,28)18-9-10-19-21(14-18)29-16(3)24-19/h7,9-10,14-15,20,25H,4-6,8,11-13H2,1-3H3,(H,23,26)/t20-/m1/s1. The van der Waals surface area contributed by atoms with Crippen LogP contribution in [-0.2, 0) is 14.8 Å². The van der Waals surface area contributed by atoms with Crippen molar-refractivity contribution >= 4 is 37.5 Å². The third-order valence-corrected chi connectivity index (χ3v) is 7.63. The fourth-order valence-electron chi connectivity index (χ4n) is 3.72. The van der Waals surface area contributed by atoms with E-state index in [0.29, 0.717) is 13.0 Å². The van der Waals surface area contributed by atoms with Gasteiger partial charge >= 0.3 is 0 Å². The lowest BCUT2D eigenvalue weighted by Crippen LogP contribution is -2.47. The van der Waals surface area contributed by atoms with Crippen molar-refractivity contribution in [1.29, 1.82) is 0 Å². The van der Waals surface area contributed by atoms with Crippen molar-refractivity contribution in [2.45, 2.75) is 70.2 Å². The molecule has 0 unspecified atom stereocenters. The fraction of sp³-hybridized carbons (Fsp3) is 0.545. The molecule has 6 nitrogen and oxygen atoms in total.